The van der Waals surface area contributed by atoms with Gasteiger partial charge in [0, 0.05) is 22.6 Å². The molecule has 1 aliphatic carbocycles. The van der Waals surface area contributed by atoms with E-state index in [4.69, 9.17) is 0 Å². The van der Waals surface area contributed by atoms with E-state index in [0.29, 0.717) is 12.2 Å². The molecule has 5 nitrogen and oxygen atoms in total. The van der Waals surface area contributed by atoms with Gasteiger partial charge < -0.3 is 9.88 Å². The Labute approximate surface area is 183 Å². The van der Waals surface area contributed by atoms with Crippen molar-refractivity contribution in [2.75, 3.05) is 4.90 Å². The fourth-order valence-electron chi connectivity index (χ4n) is 5.34. The maximum Gasteiger partial charge on any atom is 0.275 e. The second kappa shape index (κ2) is 7.26. The van der Waals surface area contributed by atoms with Gasteiger partial charge in [0.1, 0.15) is 11.2 Å². The molecular weight excluding hydrogens is 386 g/mol. The number of hydrogen-bond donors (Lipinski definition) is 1. The fraction of sp³-hybridized carbons (Fsp3) is 0.385. The number of fused-ring (bicyclic) bond motifs is 3. The molecule has 5 rings (SSSR count). The molecule has 0 saturated heterocycles. The number of amides is 2. The second-order valence-corrected chi connectivity index (χ2v) is 9.39. The predicted molar refractivity (Wildman–Crippen MR) is 123 cm³/mol. The first-order chi connectivity index (χ1) is 14.9. The Hall–Kier alpha value is -3.08. The smallest absolute Gasteiger partial charge is 0.275 e. The van der Waals surface area contributed by atoms with Gasteiger partial charge in [-0.1, -0.05) is 37.1 Å². The van der Waals surface area contributed by atoms with Gasteiger partial charge >= 0.3 is 0 Å². The zero-order chi connectivity index (χ0) is 21.8. The van der Waals surface area contributed by atoms with Crippen LogP contribution in [0.1, 0.15) is 54.2 Å². The number of aromatic nitrogens is 1. The molecule has 1 fully saturated rings. The van der Waals surface area contributed by atoms with Crippen LogP contribution in [0.2, 0.25) is 0 Å². The molecule has 3 aromatic rings. The zero-order valence-corrected chi connectivity index (χ0v) is 18.4. The Morgan fingerprint density at radius 1 is 1.03 bits per heavy atom. The molecule has 0 unspecified atom stereocenters. The number of para-hydroxylation sites is 1. The molecule has 1 aliphatic heterocycles. The first kappa shape index (κ1) is 19.9. The molecule has 0 radical (unpaired) electrons. The van der Waals surface area contributed by atoms with Crippen LogP contribution in [0.4, 0.5) is 5.69 Å². The maximum atomic E-state index is 13.9. The molecule has 31 heavy (non-hydrogen) atoms. The average Bonchev–Trinajstić information content (AvgIpc) is 3.35. The minimum Gasteiger partial charge on any atom is -0.351 e. The van der Waals surface area contributed by atoms with E-state index >= 15 is 0 Å². The van der Waals surface area contributed by atoms with Crippen LogP contribution in [0.3, 0.4) is 0 Å². The molecule has 1 aromatic heterocycles. The number of nitrogens with one attached hydrogen (secondary N) is 1. The summed E-state index contributed by atoms with van der Waals surface area (Å²) in [5, 5.41) is 4.28. The first-order valence-corrected chi connectivity index (χ1v) is 11.2. The summed E-state index contributed by atoms with van der Waals surface area (Å²) in [6.07, 6.45) is 4.32. The number of carbonyl (C=O) groups is 2. The van der Waals surface area contributed by atoms with Crippen LogP contribution in [-0.4, -0.2) is 28.0 Å². The van der Waals surface area contributed by atoms with E-state index in [1.54, 1.807) is 4.90 Å². The number of anilines is 1. The van der Waals surface area contributed by atoms with Crippen molar-refractivity contribution in [3.63, 3.8) is 0 Å². The quantitative estimate of drug-likeness (QED) is 0.672. The normalized spacial score (nSPS) is 21.5. The minimum absolute atomic E-state index is 0.0738. The monoisotopic (exact) mass is 415 g/mol. The minimum atomic E-state index is -1.02. The third-order valence-corrected chi connectivity index (χ3v) is 6.84. The Kier molecular flexibility index (Phi) is 4.65. The van der Waals surface area contributed by atoms with Crippen LogP contribution in [0.15, 0.2) is 48.5 Å². The predicted octanol–water partition coefficient (Wildman–Crippen LogP) is 4.74. The van der Waals surface area contributed by atoms with Gasteiger partial charge in [0.15, 0.2) is 0 Å². The molecule has 1 N–H and O–H groups in total. The number of rotatable bonds is 3. The van der Waals surface area contributed by atoms with E-state index in [0.717, 1.165) is 53.4 Å². The van der Waals surface area contributed by atoms with Crippen molar-refractivity contribution in [1.82, 2.24) is 9.88 Å². The SMILES string of the molecule is Cc1cc(C)cc(N2C(=O)c3cc4ccccc4n3C[C@]2(C)C(=O)NC2CCCC2)c1. The van der Waals surface area contributed by atoms with Crippen LogP contribution in [-0.2, 0) is 11.3 Å². The lowest BCUT2D eigenvalue weighted by Crippen LogP contribution is -2.65. The van der Waals surface area contributed by atoms with E-state index < -0.39 is 5.54 Å². The van der Waals surface area contributed by atoms with Crippen LogP contribution in [0, 0.1) is 13.8 Å². The fourth-order valence-corrected chi connectivity index (χ4v) is 5.34. The van der Waals surface area contributed by atoms with Crippen molar-refractivity contribution < 1.29 is 9.59 Å². The Morgan fingerprint density at radius 3 is 2.42 bits per heavy atom. The van der Waals surface area contributed by atoms with Crippen LogP contribution in [0.25, 0.3) is 10.9 Å². The number of benzene rings is 2. The van der Waals surface area contributed by atoms with E-state index in [1.807, 2.05) is 67.8 Å². The third kappa shape index (κ3) is 3.23. The highest BCUT2D eigenvalue weighted by Gasteiger charge is 2.49. The Morgan fingerprint density at radius 2 is 1.71 bits per heavy atom. The van der Waals surface area contributed by atoms with E-state index in [-0.39, 0.29) is 17.9 Å². The molecule has 2 heterocycles. The molecule has 2 aromatic carbocycles. The molecule has 0 spiro atoms. The van der Waals surface area contributed by atoms with Crippen molar-refractivity contribution in [1.29, 1.82) is 0 Å². The van der Waals surface area contributed by atoms with Gasteiger partial charge in [0.2, 0.25) is 5.91 Å². The number of nitrogens with zero attached hydrogens (tertiary/aromatic N) is 2. The highest BCUT2D eigenvalue weighted by Crippen LogP contribution is 2.37. The molecule has 2 aliphatic rings. The lowest BCUT2D eigenvalue weighted by Gasteiger charge is -2.44. The van der Waals surface area contributed by atoms with Crippen LogP contribution >= 0.6 is 0 Å². The lowest BCUT2D eigenvalue weighted by molar-refractivity contribution is -0.127. The van der Waals surface area contributed by atoms with Gasteiger partial charge in [-0.25, -0.2) is 0 Å². The standard InChI is InChI=1S/C26H29N3O2/c1-17-12-18(2)14-21(13-17)29-24(30)23-15-19-8-4-7-11-22(19)28(23)16-26(29,3)25(31)27-20-9-5-6-10-20/h4,7-8,11-15,20H,5-6,9-10,16H2,1-3H3,(H,27,31)/t26-/m1/s1. The van der Waals surface area contributed by atoms with Crippen molar-refractivity contribution in [3.05, 3.63) is 65.4 Å². The van der Waals surface area contributed by atoms with Gasteiger partial charge in [0.05, 0.1) is 6.54 Å². The molecule has 160 valence electrons. The van der Waals surface area contributed by atoms with E-state index in [1.165, 1.54) is 0 Å². The molecular formula is C26H29N3O2. The summed E-state index contributed by atoms with van der Waals surface area (Å²) >= 11 is 0. The summed E-state index contributed by atoms with van der Waals surface area (Å²) in [5.74, 6) is -0.202. The van der Waals surface area contributed by atoms with E-state index in [9.17, 15) is 9.59 Å². The average molecular weight is 416 g/mol. The Bertz CT molecular complexity index is 1170. The molecule has 1 saturated carbocycles. The van der Waals surface area contributed by atoms with Crippen LogP contribution in [0.5, 0.6) is 0 Å². The summed E-state index contributed by atoms with van der Waals surface area (Å²) in [6, 6.07) is 16.2. The highest BCUT2D eigenvalue weighted by molar-refractivity contribution is 6.14. The molecule has 5 heteroatoms. The second-order valence-electron chi connectivity index (χ2n) is 9.39. The van der Waals surface area contributed by atoms with E-state index in [2.05, 4.69) is 11.4 Å². The molecule has 0 bridgehead atoms. The Balaban J connectivity index is 1.66. The lowest BCUT2D eigenvalue weighted by atomic mass is 9.92. The summed E-state index contributed by atoms with van der Waals surface area (Å²) in [6.45, 7) is 6.38. The van der Waals surface area contributed by atoms with Gasteiger partial charge in [-0.05, 0) is 69.0 Å². The summed E-state index contributed by atoms with van der Waals surface area (Å²) < 4.78 is 2.02. The number of carbonyl (C=O) groups excluding carboxylic acids is 2. The van der Waals surface area contributed by atoms with Gasteiger partial charge in [-0.15, -0.1) is 0 Å². The van der Waals surface area contributed by atoms with Crippen molar-refractivity contribution in [2.24, 2.45) is 0 Å². The van der Waals surface area contributed by atoms with Crippen LogP contribution < -0.4 is 10.2 Å². The number of aryl methyl sites for hydroxylation is 2. The maximum absolute atomic E-state index is 13.9. The summed E-state index contributed by atoms with van der Waals surface area (Å²) in [4.78, 5) is 29.3. The molecule has 1 atom stereocenters. The third-order valence-electron chi connectivity index (χ3n) is 6.84. The molecule has 2 amide bonds. The van der Waals surface area contributed by atoms with Crippen molar-refractivity contribution >= 4 is 28.4 Å². The van der Waals surface area contributed by atoms with Gasteiger partial charge in [-0.3, -0.25) is 14.5 Å². The topological polar surface area (TPSA) is 54.3 Å². The largest absolute Gasteiger partial charge is 0.351 e. The summed E-state index contributed by atoms with van der Waals surface area (Å²) in [5.41, 5.74) is 3.54. The van der Waals surface area contributed by atoms with Gasteiger partial charge in [0.25, 0.3) is 5.91 Å². The first-order valence-electron chi connectivity index (χ1n) is 11.2. The van der Waals surface area contributed by atoms with Crippen molar-refractivity contribution in [2.45, 2.75) is 64.6 Å². The zero-order valence-electron chi connectivity index (χ0n) is 18.4. The highest BCUT2D eigenvalue weighted by atomic mass is 16.2. The summed E-state index contributed by atoms with van der Waals surface area (Å²) in [7, 11) is 0. The van der Waals surface area contributed by atoms with Crippen molar-refractivity contribution in [3.8, 4) is 0 Å². The number of hydrogen-bond acceptors (Lipinski definition) is 2. The van der Waals surface area contributed by atoms with Gasteiger partial charge in [-0.2, -0.15) is 0 Å².